The van der Waals surface area contributed by atoms with Crippen molar-refractivity contribution in [2.24, 2.45) is 0 Å². The predicted octanol–water partition coefficient (Wildman–Crippen LogP) is 4.44. The molecule has 0 radical (unpaired) electrons. The minimum atomic E-state index is -0.964. The van der Waals surface area contributed by atoms with E-state index in [9.17, 15) is 9.59 Å². The van der Waals surface area contributed by atoms with Gasteiger partial charge in [-0.2, -0.15) is 0 Å². The molecule has 31 heavy (non-hydrogen) atoms. The molecule has 9 heteroatoms. The van der Waals surface area contributed by atoms with E-state index in [1.165, 1.54) is 18.7 Å². The summed E-state index contributed by atoms with van der Waals surface area (Å²) in [6.45, 7) is 2.43. The highest BCUT2D eigenvalue weighted by Gasteiger charge is 2.40. The third-order valence-corrected chi connectivity index (χ3v) is 6.37. The molecule has 0 fully saturated rings. The first-order valence-electron chi connectivity index (χ1n) is 9.53. The lowest BCUT2D eigenvalue weighted by Crippen LogP contribution is -2.45. The molecule has 0 bridgehead atoms. The number of hydrogen-bond acceptors (Lipinski definition) is 6. The molecular formula is C22H26Cl2N2O4S. The number of rotatable bonds is 6. The first-order valence-corrected chi connectivity index (χ1v) is 10.8. The number of methoxy groups -OCH3 is 1. The normalized spacial score (nSPS) is 18.1. The fraction of sp³-hybridized carbons (Fsp3) is 0.364. The number of hydrogen-bond donors (Lipinski definition) is 0. The zero-order chi connectivity index (χ0) is 21.8. The Labute approximate surface area is 198 Å². The van der Waals surface area contributed by atoms with Crippen molar-refractivity contribution < 1.29 is 19.1 Å². The Kier molecular flexibility index (Phi) is 9.06. The van der Waals surface area contributed by atoms with Crippen LogP contribution in [0.4, 0.5) is 5.69 Å². The molecule has 0 unspecified atom stereocenters. The van der Waals surface area contributed by atoms with Crippen LogP contribution < -0.4 is 9.64 Å². The molecule has 0 aliphatic carbocycles. The van der Waals surface area contributed by atoms with Gasteiger partial charge in [0.05, 0.1) is 18.0 Å². The Hall–Kier alpha value is -1.93. The molecule has 0 spiro atoms. The van der Waals surface area contributed by atoms with Crippen LogP contribution in [0.1, 0.15) is 17.7 Å². The molecule has 1 aliphatic heterocycles. The van der Waals surface area contributed by atoms with E-state index in [0.29, 0.717) is 23.9 Å². The molecule has 168 valence electrons. The van der Waals surface area contributed by atoms with E-state index in [0.717, 1.165) is 16.1 Å². The highest BCUT2D eigenvalue weighted by atomic mass is 35.5. The van der Waals surface area contributed by atoms with E-state index in [4.69, 9.17) is 21.1 Å². The van der Waals surface area contributed by atoms with Crippen molar-refractivity contribution in [2.45, 2.75) is 23.2 Å². The third-order valence-electron chi connectivity index (χ3n) is 4.76. The average molecular weight is 485 g/mol. The summed E-state index contributed by atoms with van der Waals surface area (Å²) in [6.07, 6.45) is -0.964. The number of ether oxygens (including phenoxy) is 2. The fourth-order valence-corrected chi connectivity index (χ4v) is 4.72. The van der Waals surface area contributed by atoms with Crippen molar-refractivity contribution in [3.63, 3.8) is 0 Å². The van der Waals surface area contributed by atoms with E-state index in [1.807, 2.05) is 49.3 Å². The lowest BCUT2D eigenvalue weighted by molar-refractivity contribution is -0.152. The van der Waals surface area contributed by atoms with Crippen LogP contribution in [0.3, 0.4) is 0 Å². The number of fused-ring (bicyclic) bond motifs is 1. The predicted molar refractivity (Wildman–Crippen MR) is 127 cm³/mol. The largest absolute Gasteiger partial charge is 0.497 e. The van der Waals surface area contributed by atoms with Crippen LogP contribution in [-0.2, 0) is 14.3 Å². The minimum Gasteiger partial charge on any atom is -0.497 e. The van der Waals surface area contributed by atoms with E-state index in [-0.39, 0.29) is 18.3 Å². The van der Waals surface area contributed by atoms with Gasteiger partial charge in [-0.05, 0) is 50.0 Å². The smallest absolute Gasteiger partial charge is 0.303 e. The monoisotopic (exact) mass is 484 g/mol. The molecular weight excluding hydrogens is 459 g/mol. The fourth-order valence-electron chi connectivity index (χ4n) is 3.26. The van der Waals surface area contributed by atoms with Gasteiger partial charge in [0, 0.05) is 29.9 Å². The van der Waals surface area contributed by atoms with E-state index >= 15 is 0 Å². The first-order chi connectivity index (χ1) is 14.3. The lowest BCUT2D eigenvalue weighted by Gasteiger charge is -2.28. The van der Waals surface area contributed by atoms with Gasteiger partial charge in [-0.1, -0.05) is 23.7 Å². The maximum Gasteiger partial charge on any atom is 0.303 e. The van der Waals surface area contributed by atoms with Gasteiger partial charge in [0.25, 0.3) is 5.91 Å². The third kappa shape index (κ3) is 6.07. The molecule has 1 aliphatic rings. The quantitative estimate of drug-likeness (QED) is 0.564. The van der Waals surface area contributed by atoms with Crippen molar-refractivity contribution in [2.75, 3.05) is 39.2 Å². The van der Waals surface area contributed by atoms with Crippen molar-refractivity contribution in [3.05, 3.63) is 53.1 Å². The van der Waals surface area contributed by atoms with Gasteiger partial charge in [-0.25, -0.2) is 0 Å². The molecule has 2 atom stereocenters. The van der Waals surface area contributed by atoms with Crippen LogP contribution in [0, 0.1) is 0 Å². The second-order valence-corrected chi connectivity index (χ2v) is 8.87. The molecule has 1 amide bonds. The lowest BCUT2D eigenvalue weighted by atomic mass is 10.1. The van der Waals surface area contributed by atoms with Crippen LogP contribution >= 0.6 is 35.8 Å². The Morgan fingerprint density at radius 1 is 1.19 bits per heavy atom. The molecule has 2 aromatic carbocycles. The number of anilines is 1. The molecule has 6 nitrogen and oxygen atoms in total. The summed E-state index contributed by atoms with van der Waals surface area (Å²) >= 11 is 7.75. The highest BCUT2D eigenvalue weighted by Crippen LogP contribution is 2.47. The van der Waals surface area contributed by atoms with Gasteiger partial charge in [0.1, 0.15) is 5.75 Å². The Morgan fingerprint density at radius 3 is 2.45 bits per heavy atom. The zero-order valence-corrected chi connectivity index (χ0v) is 20.2. The minimum absolute atomic E-state index is 0. The summed E-state index contributed by atoms with van der Waals surface area (Å²) < 4.78 is 10.8. The molecule has 2 aromatic rings. The Bertz CT molecular complexity index is 924. The van der Waals surface area contributed by atoms with Gasteiger partial charge in [-0.15, -0.1) is 24.2 Å². The van der Waals surface area contributed by atoms with Crippen molar-refractivity contribution >= 4 is 53.3 Å². The number of amides is 1. The number of halogens is 2. The van der Waals surface area contributed by atoms with Crippen LogP contribution in [0.2, 0.25) is 5.02 Å². The number of carbonyl (C=O) groups is 2. The molecule has 3 rings (SSSR count). The van der Waals surface area contributed by atoms with Gasteiger partial charge in [-0.3, -0.25) is 9.59 Å². The molecule has 0 saturated carbocycles. The summed E-state index contributed by atoms with van der Waals surface area (Å²) in [5.41, 5.74) is 1.60. The molecule has 0 aromatic heterocycles. The SMILES string of the molecule is COc1ccc([C@@H]2Sc3ccc(Cl)cc3N(CCN(C)C)C(=O)[C@@H]2OC(C)=O)cc1.Cl. The average Bonchev–Trinajstić information content (AvgIpc) is 2.81. The maximum absolute atomic E-state index is 13.6. The van der Waals surface area contributed by atoms with Crippen molar-refractivity contribution in [3.8, 4) is 5.75 Å². The number of benzene rings is 2. The molecule has 1 heterocycles. The van der Waals surface area contributed by atoms with Gasteiger partial charge < -0.3 is 19.3 Å². The van der Waals surface area contributed by atoms with E-state index < -0.39 is 17.3 Å². The number of likely N-dealkylation sites (N-methyl/N-ethyl adjacent to an activating group) is 1. The number of carbonyl (C=O) groups excluding carboxylic acids is 2. The number of thioether (sulfide) groups is 1. The Morgan fingerprint density at radius 2 is 1.87 bits per heavy atom. The molecule has 0 N–H and O–H groups in total. The van der Waals surface area contributed by atoms with Gasteiger partial charge >= 0.3 is 5.97 Å². The summed E-state index contributed by atoms with van der Waals surface area (Å²) in [5, 5.41) is 0.139. The second-order valence-electron chi connectivity index (χ2n) is 7.25. The van der Waals surface area contributed by atoms with E-state index in [2.05, 4.69) is 0 Å². The maximum atomic E-state index is 13.6. The van der Waals surface area contributed by atoms with Crippen LogP contribution in [0.15, 0.2) is 47.4 Å². The van der Waals surface area contributed by atoms with Crippen LogP contribution in [0.5, 0.6) is 5.75 Å². The summed E-state index contributed by atoms with van der Waals surface area (Å²) in [6, 6.07) is 13.0. The highest BCUT2D eigenvalue weighted by molar-refractivity contribution is 7.99. The summed E-state index contributed by atoms with van der Waals surface area (Å²) in [7, 11) is 5.49. The topological polar surface area (TPSA) is 59.1 Å². The van der Waals surface area contributed by atoms with E-state index in [1.54, 1.807) is 24.1 Å². The van der Waals surface area contributed by atoms with Crippen LogP contribution in [0.25, 0.3) is 0 Å². The second kappa shape index (κ2) is 11.1. The van der Waals surface area contributed by atoms with Gasteiger partial charge in [0.15, 0.2) is 6.10 Å². The standard InChI is InChI=1S/C22H25ClN2O4S.ClH/c1-14(26)29-20-21(15-5-8-17(28-4)9-6-15)30-19-10-7-16(23)13-18(19)25(22(20)27)12-11-24(2)3;/h5-10,13,20-21H,11-12H2,1-4H3;1H/t20-,21+;/m1./s1. The number of esters is 1. The summed E-state index contributed by atoms with van der Waals surface area (Å²) in [4.78, 5) is 30.1. The van der Waals surface area contributed by atoms with Gasteiger partial charge in [0.2, 0.25) is 0 Å². The number of nitrogens with zero attached hydrogens (tertiary/aromatic N) is 2. The molecule has 0 saturated heterocycles. The summed E-state index contributed by atoms with van der Waals surface area (Å²) in [5.74, 6) is -0.0436. The first kappa shape index (κ1) is 25.3. The zero-order valence-electron chi connectivity index (χ0n) is 17.8. The van der Waals surface area contributed by atoms with Crippen molar-refractivity contribution in [1.29, 1.82) is 0 Å². The Balaban J connectivity index is 0.00000341. The van der Waals surface area contributed by atoms with Crippen molar-refractivity contribution in [1.82, 2.24) is 4.90 Å². The van der Waals surface area contributed by atoms with Crippen LogP contribution in [-0.4, -0.2) is 57.2 Å².